The number of aromatic nitrogens is 4. The van der Waals surface area contributed by atoms with Crippen LogP contribution >= 0.6 is 0 Å². The van der Waals surface area contributed by atoms with E-state index in [0.29, 0.717) is 11.6 Å². The highest BCUT2D eigenvalue weighted by Gasteiger charge is 2.06. The maximum absolute atomic E-state index is 11.1. The summed E-state index contributed by atoms with van der Waals surface area (Å²) in [5.74, 6) is 1.14. The van der Waals surface area contributed by atoms with Crippen LogP contribution < -0.4 is 11.3 Å². The Balaban J connectivity index is 2.63. The molecule has 2 rings (SSSR count). The number of nitrogens with one attached hydrogen (secondary N) is 1. The molecule has 0 aliphatic heterocycles. The van der Waals surface area contributed by atoms with Crippen molar-refractivity contribution < 1.29 is 0 Å². The van der Waals surface area contributed by atoms with Crippen molar-refractivity contribution in [3.63, 3.8) is 0 Å². The Bertz CT molecular complexity index is 512. The van der Waals surface area contributed by atoms with E-state index in [0.717, 1.165) is 0 Å². The molecule has 6 heteroatoms. The molecule has 2 aromatic heterocycles. The maximum Gasteiger partial charge on any atom is 0.253 e. The van der Waals surface area contributed by atoms with Crippen LogP contribution in [0, 0.1) is 0 Å². The first-order valence-electron chi connectivity index (χ1n) is 4.01. The molecule has 6 nitrogen and oxygen atoms in total. The van der Waals surface area contributed by atoms with Crippen LogP contribution in [0.2, 0.25) is 0 Å². The van der Waals surface area contributed by atoms with Gasteiger partial charge in [-0.05, 0) is 0 Å². The van der Waals surface area contributed by atoms with Crippen LogP contribution in [-0.4, -0.2) is 19.5 Å². The van der Waals surface area contributed by atoms with Crippen LogP contribution in [0.1, 0.15) is 0 Å². The lowest BCUT2D eigenvalue weighted by molar-refractivity contribution is 0.904. The van der Waals surface area contributed by atoms with Crippen LogP contribution in [0.25, 0.3) is 11.6 Å². The fourth-order valence-corrected chi connectivity index (χ4v) is 1.18. The van der Waals surface area contributed by atoms with Gasteiger partial charge in [0.05, 0.1) is 0 Å². The topological polar surface area (TPSA) is 89.6 Å². The molecule has 0 amide bonds. The predicted octanol–water partition coefficient (Wildman–Crippen LogP) is -0.247. The Morgan fingerprint density at radius 1 is 1.57 bits per heavy atom. The molecule has 0 saturated carbocycles. The first-order valence-corrected chi connectivity index (χ1v) is 4.01. The number of nitrogens with two attached hydrogens (primary N) is 1. The van der Waals surface area contributed by atoms with Gasteiger partial charge in [0.25, 0.3) is 5.56 Å². The molecule has 0 aromatic carbocycles. The minimum Gasteiger partial charge on any atom is -0.383 e. The molecule has 0 radical (unpaired) electrons. The van der Waals surface area contributed by atoms with Crippen LogP contribution in [-0.2, 0) is 7.05 Å². The number of anilines is 1. The smallest absolute Gasteiger partial charge is 0.253 e. The lowest BCUT2D eigenvalue weighted by Crippen LogP contribution is -2.11. The van der Waals surface area contributed by atoms with Crippen molar-refractivity contribution >= 4 is 5.82 Å². The second-order valence-electron chi connectivity index (χ2n) is 2.88. The summed E-state index contributed by atoms with van der Waals surface area (Å²) in [4.78, 5) is 21.7. The number of H-pyrrole nitrogens is 1. The van der Waals surface area contributed by atoms with Crippen LogP contribution in [0.4, 0.5) is 5.82 Å². The second-order valence-corrected chi connectivity index (χ2v) is 2.88. The highest BCUT2D eigenvalue weighted by molar-refractivity contribution is 5.46. The Morgan fingerprint density at radius 2 is 2.36 bits per heavy atom. The standard InChI is InChI=1S/C8H9N5O/c1-13-3-2-10-8(13)7-11-5(9)4-6(14)12-7/h2-4H,1H3,(H3,9,11,12,14). The molecule has 72 valence electrons. The van der Waals surface area contributed by atoms with E-state index in [4.69, 9.17) is 5.73 Å². The van der Waals surface area contributed by atoms with Crippen LogP contribution in [0.3, 0.4) is 0 Å². The number of rotatable bonds is 1. The molecule has 0 unspecified atom stereocenters. The molecular formula is C8H9N5O. The van der Waals surface area contributed by atoms with Gasteiger partial charge in [-0.15, -0.1) is 0 Å². The van der Waals surface area contributed by atoms with E-state index in [2.05, 4.69) is 15.0 Å². The van der Waals surface area contributed by atoms with Crippen molar-refractivity contribution in [2.24, 2.45) is 7.05 Å². The Labute approximate surface area is 79.4 Å². The zero-order chi connectivity index (χ0) is 10.1. The number of aromatic amines is 1. The predicted molar refractivity (Wildman–Crippen MR) is 51.5 cm³/mol. The van der Waals surface area contributed by atoms with Gasteiger partial charge < -0.3 is 15.3 Å². The zero-order valence-electron chi connectivity index (χ0n) is 7.56. The van der Waals surface area contributed by atoms with E-state index in [9.17, 15) is 4.79 Å². The van der Waals surface area contributed by atoms with Gasteiger partial charge in [-0.1, -0.05) is 0 Å². The van der Waals surface area contributed by atoms with E-state index >= 15 is 0 Å². The third-order valence-corrected chi connectivity index (χ3v) is 1.79. The molecule has 0 saturated heterocycles. The normalized spacial score (nSPS) is 10.4. The van der Waals surface area contributed by atoms with Crippen LogP contribution in [0.5, 0.6) is 0 Å². The largest absolute Gasteiger partial charge is 0.383 e. The fraction of sp³-hybridized carbons (Fsp3) is 0.125. The number of nitrogens with zero attached hydrogens (tertiary/aromatic N) is 3. The van der Waals surface area contributed by atoms with Crippen molar-refractivity contribution in [1.82, 2.24) is 19.5 Å². The van der Waals surface area contributed by atoms with Gasteiger partial charge in [0.1, 0.15) is 5.82 Å². The molecular weight excluding hydrogens is 182 g/mol. The van der Waals surface area contributed by atoms with Gasteiger partial charge in [-0.25, -0.2) is 9.97 Å². The van der Waals surface area contributed by atoms with E-state index in [1.807, 2.05) is 7.05 Å². The van der Waals surface area contributed by atoms with E-state index in [1.54, 1.807) is 17.0 Å². The lowest BCUT2D eigenvalue weighted by Gasteiger charge is -2.00. The molecule has 0 fully saturated rings. The number of aryl methyl sites for hydroxylation is 1. The third-order valence-electron chi connectivity index (χ3n) is 1.79. The summed E-state index contributed by atoms with van der Waals surface area (Å²) >= 11 is 0. The maximum atomic E-state index is 11.1. The molecule has 0 atom stereocenters. The Hall–Kier alpha value is -2.11. The molecule has 0 spiro atoms. The van der Waals surface area contributed by atoms with Crippen molar-refractivity contribution in [2.45, 2.75) is 0 Å². The zero-order valence-corrected chi connectivity index (χ0v) is 7.56. The first-order chi connectivity index (χ1) is 6.66. The molecule has 2 aromatic rings. The minimum atomic E-state index is -0.282. The number of imidazole rings is 1. The van der Waals surface area contributed by atoms with E-state index in [-0.39, 0.29) is 11.4 Å². The van der Waals surface area contributed by atoms with E-state index < -0.39 is 0 Å². The highest BCUT2D eigenvalue weighted by atomic mass is 16.1. The van der Waals surface area contributed by atoms with Crippen molar-refractivity contribution in [1.29, 1.82) is 0 Å². The third kappa shape index (κ3) is 1.37. The monoisotopic (exact) mass is 191 g/mol. The summed E-state index contributed by atoms with van der Waals surface area (Å²) in [5, 5.41) is 0. The molecule has 0 bridgehead atoms. The quantitative estimate of drug-likeness (QED) is 0.650. The molecule has 14 heavy (non-hydrogen) atoms. The van der Waals surface area contributed by atoms with Gasteiger partial charge >= 0.3 is 0 Å². The van der Waals surface area contributed by atoms with Gasteiger partial charge in [0, 0.05) is 25.5 Å². The first kappa shape index (κ1) is 8.49. The summed E-state index contributed by atoms with van der Waals surface area (Å²) in [6, 6.07) is 1.23. The summed E-state index contributed by atoms with van der Waals surface area (Å²) in [6.45, 7) is 0. The Kier molecular flexibility index (Phi) is 1.81. The Morgan fingerprint density at radius 3 is 2.93 bits per heavy atom. The lowest BCUT2D eigenvalue weighted by atomic mass is 10.5. The number of nitrogen functional groups attached to an aromatic ring is 1. The van der Waals surface area contributed by atoms with E-state index in [1.165, 1.54) is 6.07 Å². The molecule has 3 N–H and O–H groups in total. The minimum absolute atomic E-state index is 0.187. The number of hydrogen-bond acceptors (Lipinski definition) is 4. The van der Waals surface area contributed by atoms with Crippen LogP contribution in [0.15, 0.2) is 23.3 Å². The van der Waals surface area contributed by atoms with Gasteiger partial charge in [-0.2, -0.15) is 0 Å². The van der Waals surface area contributed by atoms with Gasteiger partial charge in [-0.3, -0.25) is 4.79 Å². The summed E-state index contributed by atoms with van der Waals surface area (Å²) in [7, 11) is 1.81. The van der Waals surface area contributed by atoms with Crippen molar-refractivity contribution in [2.75, 3.05) is 5.73 Å². The summed E-state index contributed by atoms with van der Waals surface area (Å²) in [5.41, 5.74) is 5.17. The SMILES string of the molecule is Cn1ccnc1-c1nc(N)cc(=O)[nH]1. The average molecular weight is 191 g/mol. The van der Waals surface area contributed by atoms with Gasteiger partial charge in [0.15, 0.2) is 11.6 Å². The molecule has 0 aliphatic rings. The molecule has 2 heterocycles. The van der Waals surface area contributed by atoms with Gasteiger partial charge in [0.2, 0.25) is 0 Å². The average Bonchev–Trinajstić information content (AvgIpc) is 2.49. The summed E-state index contributed by atoms with van der Waals surface area (Å²) in [6.07, 6.45) is 3.39. The van der Waals surface area contributed by atoms with Crippen molar-refractivity contribution in [3.05, 3.63) is 28.8 Å². The fourth-order valence-electron chi connectivity index (χ4n) is 1.18. The second kappa shape index (κ2) is 2.99. The highest BCUT2D eigenvalue weighted by Crippen LogP contribution is 2.09. The summed E-state index contributed by atoms with van der Waals surface area (Å²) < 4.78 is 1.75. The van der Waals surface area contributed by atoms with Crippen molar-refractivity contribution in [3.8, 4) is 11.6 Å². The molecule has 0 aliphatic carbocycles. The number of hydrogen-bond donors (Lipinski definition) is 2.